The van der Waals surface area contributed by atoms with E-state index in [1.54, 1.807) is 25.3 Å². The lowest BCUT2D eigenvalue weighted by Crippen LogP contribution is -2.49. The Hall–Kier alpha value is -3.48. The number of methoxy groups -OCH3 is 1. The molecule has 1 aliphatic rings. The van der Waals surface area contributed by atoms with Gasteiger partial charge < -0.3 is 14.5 Å². The third kappa shape index (κ3) is 4.35. The first kappa shape index (κ1) is 20.8. The smallest absolute Gasteiger partial charge is 0.254 e. The minimum absolute atomic E-state index is 0.00501. The van der Waals surface area contributed by atoms with Crippen LogP contribution in [0.1, 0.15) is 21.6 Å². The van der Waals surface area contributed by atoms with Gasteiger partial charge in [0, 0.05) is 48.6 Å². The lowest BCUT2D eigenvalue weighted by atomic mass is 10.1. The maximum absolute atomic E-state index is 13.7. The molecule has 31 heavy (non-hydrogen) atoms. The molecule has 0 unspecified atom stereocenters. The van der Waals surface area contributed by atoms with E-state index in [9.17, 15) is 9.18 Å². The van der Waals surface area contributed by atoms with Gasteiger partial charge in [-0.2, -0.15) is 0 Å². The molecule has 0 N–H and O–H groups in total. The predicted molar refractivity (Wildman–Crippen MR) is 118 cm³/mol. The highest BCUT2D eigenvalue weighted by Gasteiger charge is 2.25. The van der Waals surface area contributed by atoms with E-state index in [2.05, 4.69) is 9.88 Å². The van der Waals surface area contributed by atoms with E-state index in [0.717, 1.165) is 17.1 Å². The number of halogens is 1. The van der Waals surface area contributed by atoms with Crippen LogP contribution in [0.25, 0.3) is 11.4 Å². The Morgan fingerprint density at radius 3 is 2.45 bits per heavy atom. The van der Waals surface area contributed by atoms with Crippen molar-refractivity contribution in [3.8, 4) is 17.1 Å². The van der Waals surface area contributed by atoms with E-state index in [4.69, 9.17) is 9.72 Å². The Labute approximate surface area is 181 Å². The Morgan fingerprint density at radius 2 is 1.74 bits per heavy atom. The Bertz CT molecular complexity index is 1110. The highest BCUT2D eigenvalue weighted by molar-refractivity contribution is 5.94. The summed E-state index contributed by atoms with van der Waals surface area (Å²) in [5.74, 6) is 1.69. The summed E-state index contributed by atoms with van der Waals surface area (Å²) in [6.45, 7) is 6.44. The fourth-order valence-electron chi connectivity index (χ4n) is 3.74. The highest BCUT2D eigenvalue weighted by Crippen LogP contribution is 2.26. The number of ether oxygens (including phenoxy) is 1. The van der Waals surface area contributed by atoms with E-state index >= 15 is 0 Å². The highest BCUT2D eigenvalue weighted by atomic mass is 19.1. The number of hydrogen-bond acceptors (Lipinski definition) is 5. The largest absolute Gasteiger partial charge is 0.497 e. The average molecular weight is 420 g/mol. The lowest BCUT2D eigenvalue weighted by molar-refractivity contribution is 0.0746. The summed E-state index contributed by atoms with van der Waals surface area (Å²) < 4.78 is 18.9. The second-order valence-corrected chi connectivity index (χ2v) is 7.60. The summed E-state index contributed by atoms with van der Waals surface area (Å²) in [5.41, 5.74) is 3.12. The molecule has 2 heterocycles. The van der Waals surface area contributed by atoms with Gasteiger partial charge in [0.1, 0.15) is 17.4 Å². The molecule has 0 bridgehead atoms. The molecule has 4 rings (SSSR count). The molecule has 6 nitrogen and oxygen atoms in total. The first-order valence-corrected chi connectivity index (χ1v) is 10.3. The van der Waals surface area contributed by atoms with E-state index in [0.29, 0.717) is 48.9 Å². The summed E-state index contributed by atoms with van der Waals surface area (Å²) in [6, 6.07) is 13.5. The Morgan fingerprint density at radius 1 is 1.00 bits per heavy atom. The van der Waals surface area contributed by atoms with Crippen molar-refractivity contribution in [2.45, 2.75) is 13.8 Å². The van der Waals surface area contributed by atoms with Crippen molar-refractivity contribution in [3.05, 3.63) is 71.2 Å². The van der Waals surface area contributed by atoms with Crippen LogP contribution in [0.3, 0.4) is 0 Å². The first-order chi connectivity index (χ1) is 15.0. The molecule has 0 spiro atoms. The number of benzene rings is 2. The van der Waals surface area contributed by atoms with Crippen LogP contribution in [0.5, 0.6) is 5.75 Å². The Balaban J connectivity index is 1.52. The molecule has 1 saturated heterocycles. The third-order valence-corrected chi connectivity index (χ3v) is 5.63. The molecule has 1 amide bonds. The van der Waals surface area contributed by atoms with Gasteiger partial charge in [0.05, 0.1) is 7.11 Å². The summed E-state index contributed by atoms with van der Waals surface area (Å²) >= 11 is 0. The Kier molecular flexibility index (Phi) is 5.84. The van der Waals surface area contributed by atoms with Crippen LogP contribution in [0.2, 0.25) is 0 Å². The van der Waals surface area contributed by atoms with Crippen LogP contribution in [-0.2, 0) is 0 Å². The molecule has 1 aromatic heterocycles. The standard InChI is InChI=1S/C24H25FN4O2/c1-16-17(2)26-22(18-6-4-8-20(25)14-18)27-23(16)28-10-12-29(13-11-28)24(30)19-7-5-9-21(15-19)31-3/h4-9,14-15H,10-13H2,1-3H3. The third-order valence-electron chi connectivity index (χ3n) is 5.63. The number of carbonyl (C=O) groups is 1. The van der Waals surface area contributed by atoms with Crippen LogP contribution in [0.15, 0.2) is 48.5 Å². The van der Waals surface area contributed by atoms with Crippen LogP contribution < -0.4 is 9.64 Å². The zero-order valence-electron chi connectivity index (χ0n) is 17.9. The number of aryl methyl sites for hydroxylation is 1. The van der Waals surface area contributed by atoms with Crippen molar-refractivity contribution in [3.63, 3.8) is 0 Å². The van der Waals surface area contributed by atoms with Crippen LogP contribution >= 0.6 is 0 Å². The number of aromatic nitrogens is 2. The summed E-state index contributed by atoms with van der Waals surface area (Å²) in [5, 5.41) is 0. The fraction of sp³-hybridized carbons (Fsp3) is 0.292. The van der Waals surface area contributed by atoms with E-state index < -0.39 is 0 Å². The number of rotatable bonds is 4. The van der Waals surface area contributed by atoms with Gasteiger partial charge in [-0.15, -0.1) is 0 Å². The number of amides is 1. The maximum Gasteiger partial charge on any atom is 0.254 e. The topological polar surface area (TPSA) is 58.6 Å². The zero-order valence-corrected chi connectivity index (χ0v) is 17.9. The molecule has 2 aromatic carbocycles. The SMILES string of the molecule is COc1cccc(C(=O)N2CCN(c3nc(-c4cccc(F)c4)nc(C)c3C)CC2)c1. The van der Waals surface area contributed by atoms with Gasteiger partial charge in [0.2, 0.25) is 0 Å². The number of piperazine rings is 1. The monoisotopic (exact) mass is 420 g/mol. The second kappa shape index (κ2) is 8.71. The summed E-state index contributed by atoms with van der Waals surface area (Å²) in [7, 11) is 1.59. The van der Waals surface area contributed by atoms with Crippen LogP contribution in [0, 0.1) is 19.7 Å². The van der Waals surface area contributed by atoms with Gasteiger partial charge in [-0.1, -0.05) is 18.2 Å². The molecule has 160 valence electrons. The number of carbonyl (C=O) groups excluding carboxylic acids is 1. The van der Waals surface area contributed by atoms with Crippen molar-refractivity contribution in [2.75, 3.05) is 38.2 Å². The molecule has 3 aromatic rings. The molecule has 0 radical (unpaired) electrons. The average Bonchev–Trinajstić information content (AvgIpc) is 2.80. The summed E-state index contributed by atoms with van der Waals surface area (Å²) in [6.07, 6.45) is 0. The molecular formula is C24H25FN4O2. The van der Waals surface area contributed by atoms with Crippen molar-refractivity contribution < 1.29 is 13.9 Å². The van der Waals surface area contributed by atoms with Gasteiger partial charge in [0.15, 0.2) is 5.82 Å². The minimum Gasteiger partial charge on any atom is -0.497 e. The second-order valence-electron chi connectivity index (χ2n) is 7.60. The van der Waals surface area contributed by atoms with Crippen LogP contribution in [-0.4, -0.2) is 54.1 Å². The quantitative estimate of drug-likeness (QED) is 0.641. The van der Waals surface area contributed by atoms with Gasteiger partial charge in [-0.3, -0.25) is 4.79 Å². The number of nitrogens with zero attached hydrogens (tertiary/aromatic N) is 4. The van der Waals surface area contributed by atoms with Gasteiger partial charge >= 0.3 is 0 Å². The summed E-state index contributed by atoms with van der Waals surface area (Å²) in [4.78, 5) is 26.2. The van der Waals surface area contributed by atoms with E-state index in [1.165, 1.54) is 12.1 Å². The maximum atomic E-state index is 13.7. The van der Waals surface area contributed by atoms with Crippen LogP contribution in [0.4, 0.5) is 10.2 Å². The van der Waals surface area contributed by atoms with Gasteiger partial charge in [-0.05, 0) is 44.2 Å². The van der Waals surface area contributed by atoms with E-state index in [1.807, 2.05) is 36.9 Å². The fourth-order valence-corrected chi connectivity index (χ4v) is 3.74. The minimum atomic E-state index is -0.314. The molecule has 0 aliphatic carbocycles. The first-order valence-electron chi connectivity index (χ1n) is 10.3. The molecule has 7 heteroatoms. The van der Waals surface area contributed by atoms with Crippen molar-refractivity contribution >= 4 is 11.7 Å². The molecule has 1 aliphatic heterocycles. The van der Waals surface area contributed by atoms with Gasteiger partial charge in [0.25, 0.3) is 5.91 Å². The molecule has 1 fully saturated rings. The molecular weight excluding hydrogens is 395 g/mol. The van der Waals surface area contributed by atoms with Crippen molar-refractivity contribution in [1.29, 1.82) is 0 Å². The lowest BCUT2D eigenvalue weighted by Gasteiger charge is -2.36. The van der Waals surface area contributed by atoms with Gasteiger partial charge in [-0.25, -0.2) is 14.4 Å². The van der Waals surface area contributed by atoms with Crippen molar-refractivity contribution in [1.82, 2.24) is 14.9 Å². The van der Waals surface area contributed by atoms with Crippen molar-refractivity contribution in [2.24, 2.45) is 0 Å². The zero-order chi connectivity index (χ0) is 22.0. The number of hydrogen-bond donors (Lipinski definition) is 0. The normalized spacial score (nSPS) is 13.9. The van der Waals surface area contributed by atoms with E-state index in [-0.39, 0.29) is 11.7 Å². The number of anilines is 1. The molecule has 0 atom stereocenters. The predicted octanol–water partition coefficient (Wildman–Crippen LogP) is 3.87. The molecule has 0 saturated carbocycles.